The average Bonchev–Trinajstić information content (AvgIpc) is 2.84. The third-order valence-electron chi connectivity index (χ3n) is 5.54. The largest absolute Gasteiger partial charge is 0.489 e. The maximum Gasteiger partial charge on any atom is 0.298 e. The van der Waals surface area contributed by atoms with Crippen LogP contribution >= 0.6 is 0 Å². The lowest BCUT2D eigenvalue weighted by Gasteiger charge is -2.18. The maximum absolute atomic E-state index is 13.3. The molecule has 0 bridgehead atoms. The maximum atomic E-state index is 13.3. The van der Waals surface area contributed by atoms with E-state index in [1.54, 1.807) is 4.57 Å². The van der Waals surface area contributed by atoms with Crippen molar-refractivity contribution in [2.24, 2.45) is 0 Å². The summed E-state index contributed by atoms with van der Waals surface area (Å²) in [6.45, 7) is 5.90. The fraction of sp³-hybridized carbons (Fsp3) is 0.407. The van der Waals surface area contributed by atoms with E-state index >= 15 is 0 Å². The molecule has 176 valence electrons. The molecular formula is C27H33NO5. The number of aromatic nitrogens is 1. The fourth-order valence-electron chi connectivity index (χ4n) is 3.74. The van der Waals surface area contributed by atoms with Crippen molar-refractivity contribution in [3.05, 3.63) is 64.4 Å². The molecule has 0 saturated heterocycles. The number of benzene rings is 2. The highest BCUT2D eigenvalue weighted by Crippen LogP contribution is 2.35. The Morgan fingerprint density at radius 3 is 2.39 bits per heavy atom. The minimum atomic E-state index is -0.363. The highest BCUT2D eigenvalue weighted by Gasteiger charge is 2.20. The summed E-state index contributed by atoms with van der Waals surface area (Å²) < 4.78 is 18.8. The van der Waals surface area contributed by atoms with Gasteiger partial charge in [-0.2, -0.15) is 0 Å². The van der Waals surface area contributed by atoms with Crippen molar-refractivity contribution < 1.29 is 19.0 Å². The molecule has 3 rings (SSSR count). The van der Waals surface area contributed by atoms with Crippen LogP contribution in [0.15, 0.2) is 53.3 Å². The highest BCUT2D eigenvalue weighted by molar-refractivity contribution is 5.89. The van der Waals surface area contributed by atoms with Crippen molar-refractivity contribution in [3.8, 4) is 17.2 Å². The van der Waals surface area contributed by atoms with Crippen LogP contribution in [0.3, 0.4) is 0 Å². The summed E-state index contributed by atoms with van der Waals surface area (Å²) in [5.74, 6) is 0.925. The first-order chi connectivity index (χ1) is 16.2. The van der Waals surface area contributed by atoms with Crippen molar-refractivity contribution in [1.29, 1.82) is 0 Å². The van der Waals surface area contributed by atoms with E-state index in [2.05, 4.69) is 13.8 Å². The van der Waals surface area contributed by atoms with Crippen LogP contribution in [0.5, 0.6) is 17.2 Å². The van der Waals surface area contributed by atoms with Gasteiger partial charge in [0.15, 0.2) is 5.75 Å². The van der Waals surface area contributed by atoms with E-state index in [0.717, 1.165) is 49.5 Å². The number of fused-ring (bicyclic) bond motifs is 1. The van der Waals surface area contributed by atoms with Gasteiger partial charge in [-0.3, -0.25) is 9.59 Å². The van der Waals surface area contributed by atoms with Crippen LogP contribution in [0, 0.1) is 0 Å². The predicted molar refractivity (Wildman–Crippen MR) is 130 cm³/mol. The lowest BCUT2D eigenvalue weighted by molar-refractivity contribution is -0.120. The molecule has 1 heterocycles. The Balaban J connectivity index is 2.03. The molecule has 33 heavy (non-hydrogen) atoms. The Labute approximate surface area is 195 Å². The molecule has 0 N–H and O–H groups in total. The summed E-state index contributed by atoms with van der Waals surface area (Å²) in [6, 6.07) is 15.5. The second-order valence-corrected chi connectivity index (χ2v) is 8.05. The van der Waals surface area contributed by atoms with Crippen LogP contribution in [0.4, 0.5) is 0 Å². The number of hydrogen-bond acceptors (Lipinski definition) is 5. The summed E-state index contributed by atoms with van der Waals surface area (Å²) in [4.78, 5) is 24.5. The minimum absolute atomic E-state index is 0.0537. The Morgan fingerprint density at radius 1 is 0.879 bits per heavy atom. The van der Waals surface area contributed by atoms with E-state index in [-0.39, 0.29) is 17.8 Å². The molecule has 2 aromatic carbocycles. The van der Waals surface area contributed by atoms with E-state index in [1.807, 2.05) is 48.5 Å². The van der Waals surface area contributed by atoms with Gasteiger partial charge < -0.3 is 18.8 Å². The summed E-state index contributed by atoms with van der Waals surface area (Å²) in [5, 5.41) is 0.727. The van der Waals surface area contributed by atoms with Gasteiger partial charge in [-0.1, -0.05) is 69.9 Å². The Hall–Kier alpha value is -3.28. The second kappa shape index (κ2) is 12.7. The zero-order valence-electron chi connectivity index (χ0n) is 19.5. The van der Waals surface area contributed by atoms with Crippen LogP contribution in [0.25, 0.3) is 10.9 Å². The molecule has 1 aromatic heterocycles. The third kappa shape index (κ3) is 6.37. The third-order valence-corrected chi connectivity index (χ3v) is 5.54. The summed E-state index contributed by atoms with van der Waals surface area (Å²) >= 11 is 0. The molecule has 0 radical (unpaired) electrons. The Morgan fingerprint density at radius 2 is 1.67 bits per heavy atom. The van der Waals surface area contributed by atoms with Gasteiger partial charge in [0, 0.05) is 18.0 Å². The van der Waals surface area contributed by atoms with Crippen molar-refractivity contribution in [3.63, 3.8) is 0 Å². The van der Waals surface area contributed by atoms with E-state index in [4.69, 9.17) is 14.2 Å². The number of unbranched alkanes of at least 4 members (excludes halogenated alkanes) is 4. The monoisotopic (exact) mass is 451 g/mol. The number of carbonyl (C=O) groups is 1. The van der Waals surface area contributed by atoms with Gasteiger partial charge in [0.05, 0.1) is 12.1 Å². The van der Waals surface area contributed by atoms with Crippen molar-refractivity contribution in [1.82, 2.24) is 4.57 Å². The van der Waals surface area contributed by atoms with Gasteiger partial charge in [-0.05, 0) is 30.5 Å². The van der Waals surface area contributed by atoms with Crippen LogP contribution in [-0.2, 0) is 17.9 Å². The molecule has 0 saturated carbocycles. The van der Waals surface area contributed by atoms with Crippen molar-refractivity contribution in [2.45, 2.75) is 65.5 Å². The van der Waals surface area contributed by atoms with E-state index < -0.39 is 0 Å². The minimum Gasteiger partial charge on any atom is -0.489 e. The summed E-state index contributed by atoms with van der Waals surface area (Å²) in [6.07, 6.45) is 5.88. The molecule has 0 aliphatic carbocycles. The van der Waals surface area contributed by atoms with Crippen LogP contribution in [-0.4, -0.2) is 17.6 Å². The number of carbonyl (C=O) groups excluding carboxylic acids is 1. The average molecular weight is 452 g/mol. The molecule has 0 amide bonds. The number of nitrogens with zero attached hydrogens (tertiary/aromatic N) is 1. The van der Waals surface area contributed by atoms with E-state index in [0.29, 0.717) is 36.8 Å². The SMILES string of the molecule is CCCCCCn1c(=O)c(OC=O)c(OCCCC)c2ccc(OCc3ccccc3)cc21. The molecule has 6 heteroatoms. The van der Waals surface area contributed by atoms with Crippen molar-refractivity contribution in [2.75, 3.05) is 6.61 Å². The van der Waals surface area contributed by atoms with Gasteiger partial charge >= 0.3 is 0 Å². The molecule has 0 fully saturated rings. The number of rotatable bonds is 14. The smallest absolute Gasteiger partial charge is 0.298 e. The molecule has 0 aliphatic heterocycles. The highest BCUT2D eigenvalue weighted by atomic mass is 16.5. The van der Waals surface area contributed by atoms with Gasteiger partial charge in [-0.25, -0.2) is 0 Å². The number of aryl methyl sites for hydroxylation is 1. The lowest BCUT2D eigenvalue weighted by atomic mass is 10.1. The lowest BCUT2D eigenvalue weighted by Crippen LogP contribution is -2.24. The number of hydrogen-bond donors (Lipinski definition) is 0. The normalized spacial score (nSPS) is 10.8. The van der Waals surface area contributed by atoms with Crippen LogP contribution in [0.1, 0.15) is 57.9 Å². The quantitative estimate of drug-likeness (QED) is 0.226. The zero-order valence-corrected chi connectivity index (χ0v) is 19.5. The molecule has 0 atom stereocenters. The van der Waals surface area contributed by atoms with Gasteiger partial charge in [0.1, 0.15) is 12.4 Å². The molecule has 3 aromatic rings. The van der Waals surface area contributed by atoms with Gasteiger partial charge in [-0.15, -0.1) is 0 Å². The van der Waals surface area contributed by atoms with Gasteiger partial charge in [0.2, 0.25) is 5.75 Å². The first-order valence-corrected chi connectivity index (χ1v) is 11.8. The van der Waals surface area contributed by atoms with E-state index in [1.165, 1.54) is 0 Å². The first-order valence-electron chi connectivity index (χ1n) is 11.8. The fourth-order valence-corrected chi connectivity index (χ4v) is 3.74. The standard InChI is InChI=1S/C27H33NO5/c1-3-5-7-11-16-28-24-18-22(32-19-21-12-9-8-10-13-21)14-15-23(24)25(31-17-6-4-2)26(27(28)30)33-20-29/h8-10,12-15,18,20H,3-7,11,16-17,19H2,1-2H3. The topological polar surface area (TPSA) is 66.8 Å². The van der Waals surface area contributed by atoms with Crippen LogP contribution < -0.4 is 19.8 Å². The van der Waals surface area contributed by atoms with E-state index in [9.17, 15) is 9.59 Å². The van der Waals surface area contributed by atoms with Crippen LogP contribution in [0.2, 0.25) is 0 Å². The molecule has 0 unspecified atom stereocenters. The molecule has 6 nitrogen and oxygen atoms in total. The number of pyridine rings is 1. The first kappa shape index (κ1) is 24.4. The summed E-state index contributed by atoms with van der Waals surface area (Å²) in [7, 11) is 0. The van der Waals surface area contributed by atoms with Gasteiger partial charge in [0.25, 0.3) is 12.0 Å². The predicted octanol–water partition coefficient (Wildman–Crippen LogP) is 5.87. The molecular weight excluding hydrogens is 418 g/mol. The zero-order chi connectivity index (χ0) is 23.5. The second-order valence-electron chi connectivity index (χ2n) is 8.05. The molecule has 0 spiro atoms. The van der Waals surface area contributed by atoms with Crippen molar-refractivity contribution >= 4 is 17.4 Å². The number of ether oxygens (including phenoxy) is 3. The Kier molecular flexibility index (Phi) is 9.36. The Bertz CT molecular complexity index is 1090. The molecule has 0 aliphatic rings. The summed E-state index contributed by atoms with van der Waals surface area (Å²) in [5.41, 5.74) is 1.41.